The second-order valence-electron chi connectivity index (χ2n) is 3.83. The summed E-state index contributed by atoms with van der Waals surface area (Å²) in [5.41, 5.74) is 0.451. The summed E-state index contributed by atoms with van der Waals surface area (Å²) in [5, 5.41) is 0. The van der Waals surface area contributed by atoms with Crippen molar-refractivity contribution in [1.82, 2.24) is 9.80 Å². The van der Waals surface area contributed by atoms with Crippen molar-refractivity contribution in [2.75, 3.05) is 26.2 Å². The van der Waals surface area contributed by atoms with Gasteiger partial charge in [-0.3, -0.25) is 9.80 Å². The molecule has 1 aliphatic rings. The van der Waals surface area contributed by atoms with Crippen LogP contribution >= 0.6 is 0 Å². The van der Waals surface area contributed by atoms with Crippen molar-refractivity contribution < 1.29 is 0 Å². The molecule has 0 aromatic heterocycles. The second-order valence-corrected chi connectivity index (χ2v) is 3.83. The lowest BCUT2D eigenvalue weighted by Crippen LogP contribution is -2.50. The van der Waals surface area contributed by atoms with Crippen LogP contribution in [0.1, 0.15) is 40.5 Å². The molecule has 0 spiro atoms. The first-order valence-corrected chi connectivity index (χ1v) is 5.75. The van der Waals surface area contributed by atoms with Gasteiger partial charge in [0.25, 0.3) is 0 Å². The lowest BCUT2D eigenvalue weighted by atomic mass is 10.3. The third kappa shape index (κ3) is 1.89. The minimum Gasteiger partial charge on any atom is -0.286 e. The number of rotatable bonds is 6. The van der Waals surface area contributed by atoms with E-state index in [1.165, 1.54) is 39.0 Å². The molecule has 78 valence electrons. The van der Waals surface area contributed by atoms with Crippen LogP contribution in [-0.4, -0.2) is 41.6 Å². The van der Waals surface area contributed by atoms with Crippen LogP contribution in [0.3, 0.4) is 0 Å². The summed E-state index contributed by atoms with van der Waals surface area (Å²) in [4.78, 5) is 5.22. The van der Waals surface area contributed by atoms with Crippen molar-refractivity contribution in [2.45, 2.75) is 46.2 Å². The Kier molecular flexibility index (Phi) is 3.74. The Hall–Kier alpha value is -0.0800. The van der Waals surface area contributed by atoms with Crippen LogP contribution < -0.4 is 0 Å². The largest absolute Gasteiger partial charge is 0.286 e. The summed E-state index contributed by atoms with van der Waals surface area (Å²) in [7, 11) is 0. The molecule has 0 aliphatic heterocycles. The van der Waals surface area contributed by atoms with Gasteiger partial charge >= 0.3 is 0 Å². The van der Waals surface area contributed by atoms with Crippen molar-refractivity contribution in [2.24, 2.45) is 0 Å². The van der Waals surface area contributed by atoms with E-state index in [4.69, 9.17) is 0 Å². The number of hydrogen-bond acceptors (Lipinski definition) is 2. The molecule has 1 saturated carbocycles. The summed E-state index contributed by atoms with van der Waals surface area (Å²) in [5.74, 6) is 0. The quantitative estimate of drug-likeness (QED) is 0.584. The van der Waals surface area contributed by atoms with Crippen LogP contribution in [0.15, 0.2) is 0 Å². The maximum Gasteiger partial charge on any atom is 0.0739 e. The fourth-order valence-corrected chi connectivity index (χ4v) is 2.57. The van der Waals surface area contributed by atoms with E-state index in [0.29, 0.717) is 5.66 Å². The normalized spacial score (nSPS) is 19.8. The third-order valence-corrected chi connectivity index (χ3v) is 3.40. The molecule has 0 bridgehead atoms. The summed E-state index contributed by atoms with van der Waals surface area (Å²) in [6.45, 7) is 13.8. The maximum absolute atomic E-state index is 2.61. The SMILES string of the molecule is CCN(CC)C1(N(CC)CC)CC1. The molecule has 2 heteroatoms. The minimum atomic E-state index is 0.451. The van der Waals surface area contributed by atoms with E-state index in [1.807, 2.05) is 0 Å². The van der Waals surface area contributed by atoms with Gasteiger partial charge in [0.1, 0.15) is 0 Å². The van der Waals surface area contributed by atoms with E-state index in [9.17, 15) is 0 Å². The van der Waals surface area contributed by atoms with Crippen molar-refractivity contribution >= 4 is 0 Å². The molecule has 0 saturated heterocycles. The Bertz CT molecular complexity index is 130. The lowest BCUT2D eigenvalue weighted by Gasteiger charge is -2.38. The summed E-state index contributed by atoms with van der Waals surface area (Å²) in [6.07, 6.45) is 2.74. The highest BCUT2D eigenvalue weighted by molar-refractivity contribution is 5.02. The topological polar surface area (TPSA) is 6.48 Å². The molecule has 0 N–H and O–H groups in total. The first-order valence-electron chi connectivity index (χ1n) is 5.75. The van der Waals surface area contributed by atoms with Crippen molar-refractivity contribution in [1.29, 1.82) is 0 Å². The molecule has 0 radical (unpaired) electrons. The molecule has 1 aliphatic carbocycles. The van der Waals surface area contributed by atoms with Gasteiger partial charge in [0.15, 0.2) is 0 Å². The molecule has 1 fully saturated rings. The standard InChI is InChI=1S/C11H24N2/c1-5-12(6-2)11(9-10-11)13(7-3)8-4/h5-10H2,1-4H3. The van der Waals surface area contributed by atoms with Gasteiger partial charge in [-0.2, -0.15) is 0 Å². The van der Waals surface area contributed by atoms with Crippen LogP contribution in [0, 0.1) is 0 Å². The Balaban J connectivity index is 2.62. The van der Waals surface area contributed by atoms with E-state index < -0.39 is 0 Å². The average Bonchev–Trinajstić information content (AvgIpc) is 2.90. The number of hydrogen-bond donors (Lipinski definition) is 0. The van der Waals surface area contributed by atoms with Gasteiger partial charge < -0.3 is 0 Å². The van der Waals surface area contributed by atoms with Crippen molar-refractivity contribution in [3.05, 3.63) is 0 Å². The van der Waals surface area contributed by atoms with Crippen LogP contribution in [0.4, 0.5) is 0 Å². The predicted octanol–water partition coefficient (Wildman–Crippen LogP) is 2.16. The van der Waals surface area contributed by atoms with Gasteiger partial charge in [0.2, 0.25) is 0 Å². The van der Waals surface area contributed by atoms with Crippen molar-refractivity contribution in [3.8, 4) is 0 Å². The molecule has 2 nitrogen and oxygen atoms in total. The van der Waals surface area contributed by atoms with Gasteiger partial charge in [-0.25, -0.2) is 0 Å². The first kappa shape index (κ1) is 11.0. The predicted molar refractivity (Wildman–Crippen MR) is 57.8 cm³/mol. The van der Waals surface area contributed by atoms with Crippen LogP contribution in [0.5, 0.6) is 0 Å². The monoisotopic (exact) mass is 184 g/mol. The maximum atomic E-state index is 2.61. The molecule has 0 aromatic rings. The molecule has 0 aromatic carbocycles. The summed E-state index contributed by atoms with van der Waals surface area (Å²) in [6, 6.07) is 0. The minimum absolute atomic E-state index is 0.451. The zero-order chi connectivity index (χ0) is 9.90. The van der Waals surface area contributed by atoms with E-state index in [-0.39, 0.29) is 0 Å². The van der Waals surface area contributed by atoms with Gasteiger partial charge in [0, 0.05) is 0 Å². The Morgan fingerprint density at radius 2 is 1.08 bits per heavy atom. The summed E-state index contributed by atoms with van der Waals surface area (Å²) >= 11 is 0. The van der Waals surface area contributed by atoms with Gasteiger partial charge in [0.05, 0.1) is 5.66 Å². The molecular formula is C11H24N2. The molecule has 1 rings (SSSR count). The molecular weight excluding hydrogens is 160 g/mol. The van der Waals surface area contributed by atoms with Crippen molar-refractivity contribution in [3.63, 3.8) is 0 Å². The van der Waals surface area contributed by atoms with Crippen LogP contribution in [0.2, 0.25) is 0 Å². The van der Waals surface area contributed by atoms with E-state index in [2.05, 4.69) is 37.5 Å². The Morgan fingerprint density at radius 3 is 1.23 bits per heavy atom. The zero-order valence-electron chi connectivity index (χ0n) is 9.64. The Labute approximate surface area is 82.9 Å². The highest BCUT2D eigenvalue weighted by Crippen LogP contribution is 2.44. The van der Waals surface area contributed by atoms with Crippen LogP contribution in [-0.2, 0) is 0 Å². The highest BCUT2D eigenvalue weighted by Gasteiger charge is 2.50. The van der Waals surface area contributed by atoms with Gasteiger partial charge in [-0.15, -0.1) is 0 Å². The number of nitrogens with zero attached hydrogens (tertiary/aromatic N) is 2. The summed E-state index contributed by atoms with van der Waals surface area (Å²) < 4.78 is 0. The molecule has 0 unspecified atom stereocenters. The molecule has 0 amide bonds. The second kappa shape index (κ2) is 4.43. The van der Waals surface area contributed by atoms with Gasteiger partial charge in [-0.05, 0) is 39.0 Å². The molecule has 13 heavy (non-hydrogen) atoms. The molecule has 0 atom stereocenters. The first-order chi connectivity index (χ1) is 6.25. The van der Waals surface area contributed by atoms with E-state index >= 15 is 0 Å². The Morgan fingerprint density at radius 1 is 0.769 bits per heavy atom. The van der Waals surface area contributed by atoms with Crippen LogP contribution in [0.25, 0.3) is 0 Å². The fraction of sp³-hybridized carbons (Fsp3) is 1.00. The highest BCUT2D eigenvalue weighted by atomic mass is 15.4. The van der Waals surface area contributed by atoms with E-state index in [1.54, 1.807) is 0 Å². The van der Waals surface area contributed by atoms with Gasteiger partial charge in [-0.1, -0.05) is 27.7 Å². The average molecular weight is 184 g/mol. The zero-order valence-corrected chi connectivity index (χ0v) is 9.64. The molecule has 0 heterocycles. The third-order valence-electron chi connectivity index (χ3n) is 3.40. The fourth-order valence-electron chi connectivity index (χ4n) is 2.57. The smallest absolute Gasteiger partial charge is 0.0739 e. The van der Waals surface area contributed by atoms with E-state index in [0.717, 1.165) is 0 Å². The lowest BCUT2D eigenvalue weighted by molar-refractivity contribution is 0.0340.